The smallest absolute Gasteiger partial charge is 0.387 e. The Morgan fingerprint density at radius 2 is 2.20 bits per heavy atom. The predicted octanol–water partition coefficient (Wildman–Crippen LogP) is 2.51. The molecule has 1 heterocycles. The molecule has 0 atom stereocenters. The third kappa shape index (κ3) is 2.01. The van der Waals surface area contributed by atoms with Gasteiger partial charge in [0.1, 0.15) is 11.3 Å². The van der Waals surface area contributed by atoms with E-state index in [0.29, 0.717) is 15.5 Å². The molecule has 0 unspecified atom stereocenters. The molecule has 0 aliphatic heterocycles. The van der Waals surface area contributed by atoms with Crippen molar-refractivity contribution in [3.05, 3.63) is 16.6 Å². The normalized spacial score (nSPS) is 11.2. The highest BCUT2D eigenvalue weighted by Gasteiger charge is 2.10. The molecule has 0 saturated heterocycles. The first-order valence-corrected chi connectivity index (χ1v) is 4.75. The van der Waals surface area contributed by atoms with E-state index < -0.39 is 6.61 Å². The number of aromatic nitrogens is 2. The molecule has 0 aliphatic carbocycles. The summed E-state index contributed by atoms with van der Waals surface area (Å²) in [5.41, 5.74) is 6.55. The summed E-state index contributed by atoms with van der Waals surface area (Å²) < 4.78 is 28.7. The number of nitrogen functional groups attached to an aromatic ring is 1. The van der Waals surface area contributed by atoms with Crippen molar-refractivity contribution in [1.29, 1.82) is 0 Å². The lowest BCUT2D eigenvalue weighted by Gasteiger charge is -2.04. The van der Waals surface area contributed by atoms with Crippen LogP contribution in [0.2, 0.25) is 0 Å². The second-order valence-corrected chi connectivity index (χ2v) is 3.66. The first-order valence-electron chi connectivity index (χ1n) is 3.96. The van der Waals surface area contributed by atoms with Gasteiger partial charge in [0.2, 0.25) is 0 Å². The lowest BCUT2D eigenvalue weighted by Crippen LogP contribution is -2.01. The van der Waals surface area contributed by atoms with Crippen LogP contribution < -0.4 is 10.5 Å². The number of halogens is 3. The van der Waals surface area contributed by atoms with Gasteiger partial charge >= 0.3 is 6.61 Å². The summed E-state index contributed by atoms with van der Waals surface area (Å²) in [5.74, 6) is 0.271. The highest BCUT2D eigenvalue weighted by molar-refractivity contribution is 9.10. The Labute approximate surface area is 91.6 Å². The van der Waals surface area contributed by atoms with Crippen LogP contribution in [0.1, 0.15) is 0 Å². The standard InChI is InChI=1S/C8H6BrF2N3O/c9-4-1-3(15-7(10)11)2-5-6(4)14-8(12)13-5/h1-2,7H,(H3,12,13,14). The van der Waals surface area contributed by atoms with Gasteiger partial charge in [0.05, 0.1) is 5.52 Å². The Morgan fingerprint density at radius 3 is 2.87 bits per heavy atom. The SMILES string of the molecule is Nc1nc2c(Br)cc(OC(F)F)cc2[nH]1. The summed E-state index contributed by atoms with van der Waals surface area (Å²) in [5, 5.41) is 0. The number of alkyl halides is 2. The second-order valence-electron chi connectivity index (χ2n) is 2.80. The molecule has 0 bridgehead atoms. The van der Waals surface area contributed by atoms with Crippen molar-refractivity contribution >= 4 is 32.9 Å². The topological polar surface area (TPSA) is 63.9 Å². The zero-order valence-electron chi connectivity index (χ0n) is 7.30. The van der Waals surface area contributed by atoms with E-state index in [1.165, 1.54) is 12.1 Å². The summed E-state index contributed by atoms with van der Waals surface area (Å²) in [7, 11) is 0. The summed E-state index contributed by atoms with van der Waals surface area (Å²) in [4.78, 5) is 6.69. The lowest BCUT2D eigenvalue weighted by molar-refractivity contribution is -0.0497. The zero-order valence-corrected chi connectivity index (χ0v) is 8.88. The number of fused-ring (bicyclic) bond motifs is 1. The number of aromatic amines is 1. The van der Waals surface area contributed by atoms with E-state index in [9.17, 15) is 8.78 Å². The number of rotatable bonds is 2. The largest absolute Gasteiger partial charge is 0.435 e. The van der Waals surface area contributed by atoms with Gasteiger partial charge in [0.15, 0.2) is 5.95 Å². The van der Waals surface area contributed by atoms with Gasteiger partial charge in [-0.25, -0.2) is 4.98 Å². The third-order valence-corrected chi connectivity index (χ3v) is 2.36. The number of imidazole rings is 1. The third-order valence-electron chi connectivity index (χ3n) is 1.76. The zero-order chi connectivity index (χ0) is 11.0. The Hall–Kier alpha value is -1.37. The minimum atomic E-state index is -2.85. The maximum Gasteiger partial charge on any atom is 0.387 e. The highest BCUT2D eigenvalue weighted by Crippen LogP contribution is 2.29. The Bertz CT molecular complexity index is 500. The van der Waals surface area contributed by atoms with Crippen LogP contribution in [0.3, 0.4) is 0 Å². The van der Waals surface area contributed by atoms with E-state index in [0.717, 1.165) is 0 Å². The van der Waals surface area contributed by atoms with Crippen molar-refractivity contribution in [3.8, 4) is 5.75 Å². The number of nitrogens with zero attached hydrogens (tertiary/aromatic N) is 1. The maximum absolute atomic E-state index is 12.0. The quantitative estimate of drug-likeness (QED) is 0.887. The molecule has 0 fully saturated rings. The van der Waals surface area contributed by atoms with Crippen LogP contribution in [0, 0.1) is 0 Å². The molecule has 0 spiro atoms. The van der Waals surface area contributed by atoms with E-state index in [2.05, 4.69) is 30.6 Å². The van der Waals surface area contributed by atoms with Gasteiger partial charge in [0, 0.05) is 10.5 Å². The molecule has 15 heavy (non-hydrogen) atoms. The number of nitrogens with one attached hydrogen (secondary N) is 1. The molecule has 4 nitrogen and oxygen atoms in total. The Morgan fingerprint density at radius 1 is 1.47 bits per heavy atom. The predicted molar refractivity (Wildman–Crippen MR) is 54.8 cm³/mol. The van der Waals surface area contributed by atoms with Gasteiger partial charge < -0.3 is 15.5 Å². The van der Waals surface area contributed by atoms with Crippen molar-refractivity contribution < 1.29 is 13.5 Å². The van der Waals surface area contributed by atoms with Crippen molar-refractivity contribution in [2.24, 2.45) is 0 Å². The van der Waals surface area contributed by atoms with Crippen molar-refractivity contribution in [1.82, 2.24) is 9.97 Å². The Kier molecular flexibility index (Phi) is 2.47. The molecule has 1 aromatic carbocycles. The van der Waals surface area contributed by atoms with Crippen molar-refractivity contribution in [2.75, 3.05) is 5.73 Å². The molecule has 3 N–H and O–H groups in total. The number of H-pyrrole nitrogens is 1. The van der Waals surface area contributed by atoms with Crippen molar-refractivity contribution in [2.45, 2.75) is 6.61 Å². The summed E-state index contributed by atoms with van der Waals surface area (Å²) in [6.07, 6.45) is 0. The van der Waals surface area contributed by atoms with Crippen LogP contribution in [-0.4, -0.2) is 16.6 Å². The van der Waals surface area contributed by atoms with Gasteiger partial charge in [-0.1, -0.05) is 0 Å². The molecular weight excluding hydrogens is 272 g/mol. The minimum Gasteiger partial charge on any atom is -0.435 e. The highest BCUT2D eigenvalue weighted by atomic mass is 79.9. The number of hydrogen-bond donors (Lipinski definition) is 2. The van der Waals surface area contributed by atoms with Gasteiger partial charge in [-0.05, 0) is 22.0 Å². The summed E-state index contributed by atoms with van der Waals surface area (Å²) in [6.45, 7) is -2.85. The van der Waals surface area contributed by atoms with Crippen LogP contribution in [0.25, 0.3) is 11.0 Å². The van der Waals surface area contributed by atoms with Crippen LogP contribution in [0.5, 0.6) is 5.75 Å². The molecule has 80 valence electrons. The molecule has 0 radical (unpaired) electrons. The van der Waals surface area contributed by atoms with Crippen molar-refractivity contribution in [3.63, 3.8) is 0 Å². The monoisotopic (exact) mass is 277 g/mol. The first-order chi connectivity index (χ1) is 7.06. The molecule has 7 heteroatoms. The fourth-order valence-corrected chi connectivity index (χ4v) is 1.77. The average Bonchev–Trinajstić information content (AvgIpc) is 2.44. The number of nitrogens with two attached hydrogens (primary N) is 1. The molecule has 1 aromatic heterocycles. The minimum absolute atomic E-state index is 0.0491. The molecule has 2 rings (SSSR count). The van der Waals surface area contributed by atoms with Gasteiger partial charge in [-0.15, -0.1) is 0 Å². The van der Waals surface area contributed by atoms with Gasteiger partial charge in [-0.2, -0.15) is 8.78 Å². The van der Waals surface area contributed by atoms with E-state index in [4.69, 9.17) is 5.73 Å². The molecule has 0 aliphatic rings. The van der Waals surface area contributed by atoms with Crippen LogP contribution in [0.4, 0.5) is 14.7 Å². The Balaban J connectivity index is 2.51. The average molecular weight is 278 g/mol. The summed E-state index contributed by atoms with van der Waals surface area (Å²) in [6, 6.07) is 2.82. The van der Waals surface area contributed by atoms with E-state index >= 15 is 0 Å². The van der Waals surface area contributed by atoms with E-state index in [1.807, 2.05) is 0 Å². The van der Waals surface area contributed by atoms with E-state index in [-0.39, 0.29) is 11.7 Å². The van der Waals surface area contributed by atoms with Gasteiger partial charge in [-0.3, -0.25) is 0 Å². The number of benzene rings is 1. The lowest BCUT2D eigenvalue weighted by atomic mass is 10.3. The fraction of sp³-hybridized carbons (Fsp3) is 0.125. The van der Waals surface area contributed by atoms with Crippen LogP contribution in [0.15, 0.2) is 16.6 Å². The molecule has 0 saturated carbocycles. The van der Waals surface area contributed by atoms with Crippen LogP contribution in [-0.2, 0) is 0 Å². The fourth-order valence-electron chi connectivity index (χ4n) is 1.24. The molecule has 0 amide bonds. The van der Waals surface area contributed by atoms with Crippen LogP contribution >= 0.6 is 15.9 Å². The van der Waals surface area contributed by atoms with E-state index in [1.54, 1.807) is 0 Å². The molecule has 2 aromatic rings. The maximum atomic E-state index is 12.0. The number of hydrogen-bond acceptors (Lipinski definition) is 3. The number of anilines is 1. The first kappa shape index (κ1) is 10.2. The summed E-state index contributed by atoms with van der Waals surface area (Å²) >= 11 is 3.19. The molecular formula is C8H6BrF2N3O. The number of ether oxygens (including phenoxy) is 1. The second kappa shape index (κ2) is 3.65. The van der Waals surface area contributed by atoms with Gasteiger partial charge in [0.25, 0.3) is 0 Å².